The van der Waals surface area contributed by atoms with Crippen LogP contribution >= 0.6 is 0 Å². The number of Topliss-reactive ketones (excluding diaryl/α,β-unsaturated/α-hetero) is 1. The average molecular weight is 429 g/mol. The molecule has 0 saturated heterocycles. The minimum absolute atomic E-state index is 0.235. The molecule has 2 nitrogen and oxygen atoms in total. The maximum absolute atomic E-state index is 12.1. The molecule has 30 heavy (non-hydrogen) atoms. The van der Waals surface area contributed by atoms with Crippen molar-refractivity contribution >= 4 is 18.2 Å². The molecule has 1 aromatic carbocycles. The fraction of sp³-hybridized carbons (Fsp3) is 0.708. The number of nitrogens with zero attached hydrogens (tertiary/aromatic N) is 1. The van der Waals surface area contributed by atoms with E-state index in [2.05, 4.69) is 27.7 Å². The van der Waals surface area contributed by atoms with E-state index in [9.17, 15) is 17.7 Å². The Morgan fingerprint density at radius 2 is 1.07 bits per heavy atom. The number of quaternary nitrogens is 1. The Kier molecular flexibility index (Phi) is 14.8. The van der Waals surface area contributed by atoms with E-state index in [1.54, 1.807) is 0 Å². The quantitative estimate of drug-likeness (QED) is 0.178. The molecule has 1 rings (SSSR count). The van der Waals surface area contributed by atoms with Gasteiger partial charge in [0.15, 0.2) is 5.78 Å². The van der Waals surface area contributed by atoms with Crippen LogP contribution in [0.1, 0.15) is 96.3 Å². The molecule has 0 unspecified atom stereocenters. The predicted molar refractivity (Wildman–Crippen MR) is 125 cm³/mol. The molecule has 174 valence electrons. The van der Waals surface area contributed by atoms with Gasteiger partial charge in [0.25, 0.3) is 0 Å². The number of hydrogen-bond donors (Lipinski definition) is 0. The summed E-state index contributed by atoms with van der Waals surface area (Å²) in [5.74, 6) is -0.235. The second-order valence-electron chi connectivity index (χ2n) is 8.40. The lowest BCUT2D eigenvalue weighted by atomic mass is 9.80. The molecule has 0 N–H and O–H groups in total. The topological polar surface area (TPSA) is 17.1 Å². The molecular weight excluding hydrogens is 386 g/mol. The Bertz CT molecular complexity index is 535. The lowest BCUT2D eigenvalue weighted by Gasteiger charge is -2.39. The summed E-state index contributed by atoms with van der Waals surface area (Å²) in [5.41, 5.74) is -0.381. The van der Waals surface area contributed by atoms with Crippen molar-refractivity contribution in [1.82, 2.24) is 0 Å². The third-order valence-corrected chi connectivity index (χ3v) is 5.64. The van der Waals surface area contributed by atoms with Gasteiger partial charge in [0.2, 0.25) is 0 Å². The highest BCUT2D eigenvalue weighted by atomic mass is 19.4. The van der Waals surface area contributed by atoms with E-state index < -0.39 is 12.4 Å². The van der Waals surface area contributed by atoms with E-state index in [1.165, 1.54) is 101 Å². The summed E-state index contributed by atoms with van der Waals surface area (Å²) in [4.78, 5) is 10.7. The average Bonchev–Trinajstić information content (AvgIpc) is 2.72. The van der Waals surface area contributed by atoms with Gasteiger partial charge >= 0.3 is 6.98 Å². The van der Waals surface area contributed by atoms with E-state index in [1.807, 2.05) is 0 Å². The fourth-order valence-electron chi connectivity index (χ4n) is 3.58. The van der Waals surface area contributed by atoms with Crippen molar-refractivity contribution in [2.75, 3.05) is 26.2 Å². The minimum Gasteiger partial charge on any atom is -0.445 e. The van der Waals surface area contributed by atoms with Crippen molar-refractivity contribution < 1.29 is 22.2 Å². The molecule has 0 aliphatic carbocycles. The Morgan fingerprint density at radius 1 is 0.733 bits per heavy atom. The molecule has 1 aromatic rings. The van der Waals surface area contributed by atoms with Gasteiger partial charge in [0.1, 0.15) is 0 Å². The molecule has 0 amide bonds. The van der Waals surface area contributed by atoms with E-state index in [0.717, 1.165) is 12.1 Å². The number of unbranched alkanes of at least 4 members (excludes halogenated alkanes) is 4. The maximum atomic E-state index is 12.1. The highest BCUT2D eigenvalue weighted by Crippen LogP contribution is 2.16. The number of carbonyl (C=O) groups excluding carboxylic acids is 1. The molecule has 0 heterocycles. The van der Waals surface area contributed by atoms with Crippen molar-refractivity contribution in [2.45, 2.75) is 86.0 Å². The molecule has 6 heteroatoms. The zero-order valence-corrected chi connectivity index (χ0v) is 19.9. The minimum atomic E-state index is -4.95. The number of halogens is 3. The summed E-state index contributed by atoms with van der Waals surface area (Å²) in [6.45, 7) is 11.4. The molecule has 0 aromatic heterocycles. The van der Waals surface area contributed by atoms with Crippen LogP contribution in [0.15, 0.2) is 24.3 Å². The largest absolute Gasteiger partial charge is 0.509 e. The normalized spacial score (nSPS) is 11.7. The van der Waals surface area contributed by atoms with Crippen LogP contribution in [-0.4, -0.2) is 43.4 Å². The second kappa shape index (κ2) is 15.5. The summed E-state index contributed by atoms with van der Waals surface area (Å²) >= 11 is 0. The number of rotatable bonds is 14. The van der Waals surface area contributed by atoms with Gasteiger partial charge in [-0.3, -0.25) is 4.79 Å². The van der Waals surface area contributed by atoms with Crippen LogP contribution in [0.4, 0.5) is 12.9 Å². The first kappa shape index (κ1) is 28.7. The molecular formula is C24H43BF3NO. The van der Waals surface area contributed by atoms with Crippen LogP contribution in [0.2, 0.25) is 0 Å². The predicted octanol–water partition coefficient (Wildman–Crippen LogP) is 6.95. The van der Waals surface area contributed by atoms with E-state index in [-0.39, 0.29) is 5.78 Å². The molecule has 0 bridgehead atoms. The molecule has 0 aliphatic heterocycles. The number of benzene rings is 1. The maximum Gasteiger partial charge on any atom is 0.509 e. The lowest BCUT2D eigenvalue weighted by Crippen LogP contribution is -2.50. The van der Waals surface area contributed by atoms with E-state index in [4.69, 9.17) is 0 Å². The first-order chi connectivity index (χ1) is 14.2. The van der Waals surface area contributed by atoms with Gasteiger partial charge in [0.05, 0.1) is 26.2 Å². The van der Waals surface area contributed by atoms with Gasteiger partial charge in [-0.05, 0) is 32.6 Å². The molecule has 0 atom stereocenters. The summed E-state index contributed by atoms with van der Waals surface area (Å²) in [6.07, 6.45) is 11.1. The van der Waals surface area contributed by atoms with Crippen LogP contribution < -0.4 is 5.46 Å². The molecule has 0 aliphatic rings. The molecule has 0 spiro atoms. The summed E-state index contributed by atoms with van der Waals surface area (Å²) in [7, 11) is 0. The van der Waals surface area contributed by atoms with E-state index >= 15 is 0 Å². The monoisotopic (exact) mass is 429 g/mol. The Balaban J connectivity index is 0.000000579. The van der Waals surface area contributed by atoms with Crippen LogP contribution in [-0.2, 0) is 0 Å². The third kappa shape index (κ3) is 11.8. The smallest absolute Gasteiger partial charge is 0.445 e. The van der Waals surface area contributed by atoms with Crippen LogP contribution in [0.3, 0.4) is 0 Å². The second-order valence-corrected chi connectivity index (χ2v) is 8.40. The standard InChI is InChI=1S/C16H36N.C8H7BF3O/c1-5-9-13-17(14-10-6-2,15-11-7-3)16-12-8-4;1-6(13)7-2-4-8(5-3-7)9(10,11)12/h5-16H2,1-4H3;2-5H,1H3/q+1;-1. The number of carbonyl (C=O) groups is 1. The van der Waals surface area contributed by atoms with Gasteiger partial charge < -0.3 is 17.4 Å². The van der Waals surface area contributed by atoms with Gasteiger partial charge in [-0.1, -0.05) is 77.6 Å². The van der Waals surface area contributed by atoms with Crippen molar-refractivity contribution in [3.05, 3.63) is 29.8 Å². The highest BCUT2D eigenvalue weighted by molar-refractivity contribution is 6.73. The SMILES string of the molecule is CC(=O)c1ccc([B-](F)(F)F)cc1.CCCC[N+](CCCC)(CCCC)CCCC. The van der Waals surface area contributed by atoms with Crippen LogP contribution in [0.5, 0.6) is 0 Å². The van der Waals surface area contributed by atoms with Gasteiger partial charge in [0, 0.05) is 5.56 Å². The van der Waals surface area contributed by atoms with E-state index in [0.29, 0.717) is 5.56 Å². The summed E-state index contributed by atoms with van der Waals surface area (Å²) < 4.78 is 37.7. The van der Waals surface area contributed by atoms with Crippen molar-refractivity contribution in [1.29, 1.82) is 0 Å². The fourth-order valence-corrected chi connectivity index (χ4v) is 3.58. The first-order valence-corrected chi connectivity index (χ1v) is 11.8. The van der Waals surface area contributed by atoms with Gasteiger partial charge in [-0.15, -0.1) is 5.46 Å². The Morgan fingerprint density at radius 3 is 1.30 bits per heavy atom. The van der Waals surface area contributed by atoms with Crippen LogP contribution in [0, 0.1) is 0 Å². The van der Waals surface area contributed by atoms with Crippen molar-refractivity contribution in [3.63, 3.8) is 0 Å². The van der Waals surface area contributed by atoms with Crippen molar-refractivity contribution in [3.8, 4) is 0 Å². The summed E-state index contributed by atoms with van der Waals surface area (Å²) in [5, 5.41) is 0. The molecule has 0 saturated carbocycles. The Hall–Kier alpha value is -1.30. The first-order valence-electron chi connectivity index (χ1n) is 11.8. The Labute approximate surface area is 182 Å². The number of ketones is 1. The van der Waals surface area contributed by atoms with Crippen molar-refractivity contribution in [2.24, 2.45) is 0 Å². The van der Waals surface area contributed by atoms with Gasteiger partial charge in [-0.2, -0.15) is 0 Å². The molecule has 0 fully saturated rings. The third-order valence-electron chi connectivity index (χ3n) is 5.64. The zero-order valence-electron chi connectivity index (χ0n) is 19.9. The summed E-state index contributed by atoms with van der Waals surface area (Å²) in [6, 6.07) is 4.23. The number of hydrogen-bond acceptors (Lipinski definition) is 1. The lowest BCUT2D eigenvalue weighted by molar-refractivity contribution is -0.929. The highest BCUT2D eigenvalue weighted by Gasteiger charge is 2.25. The van der Waals surface area contributed by atoms with Crippen LogP contribution in [0.25, 0.3) is 0 Å². The molecule has 0 radical (unpaired) electrons. The zero-order chi connectivity index (χ0) is 23.0. The van der Waals surface area contributed by atoms with Gasteiger partial charge in [-0.25, -0.2) is 0 Å².